The first-order chi connectivity index (χ1) is 9.36. The highest BCUT2D eigenvalue weighted by Gasteiger charge is 2.21. The molecule has 0 spiro atoms. The Hall–Kier alpha value is -0.180. The predicted molar refractivity (Wildman–Crippen MR) is 85.6 cm³/mol. The first kappa shape index (κ1) is 17.9. The lowest BCUT2D eigenvalue weighted by Crippen LogP contribution is -2.40. The van der Waals surface area contributed by atoms with Gasteiger partial charge in [-0.25, -0.2) is 0 Å². The lowest BCUT2D eigenvalue weighted by atomic mass is 10.3. The summed E-state index contributed by atoms with van der Waals surface area (Å²) in [4.78, 5) is 0.902. The smallest absolute Gasteiger partial charge is 0.279 e. The molecule has 1 atom stereocenters. The van der Waals surface area contributed by atoms with E-state index in [0.29, 0.717) is 10.9 Å². The molecule has 116 valence electrons. The minimum atomic E-state index is -3.47. The molecule has 2 N–H and O–H groups in total. The zero-order chi connectivity index (χ0) is 15.2. The van der Waals surface area contributed by atoms with Gasteiger partial charge < -0.3 is 5.32 Å². The fourth-order valence-corrected chi connectivity index (χ4v) is 3.92. The lowest BCUT2D eigenvalue weighted by molar-refractivity contribution is 0.440. The van der Waals surface area contributed by atoms with Crippen molar-refractivity contribution in [2.75, 3.05) is 26.7 Å². The van der Waals surface area contributed by atoms with Gasteiger partial charge in [0.25, 0.3) is 10.2 Å². The quantitative estimate of drug-likeness (QED) is 0.678. The van der Waals surface area contributed by atoms with Gasteiger partial charge in [0.2, 0.25) is 0 Å². The first-order valence-electron chi connectivity index (χ1n) is 6.56. The Bertz CT molecular complexity index is 505. The minimum Gasteiger partial charge on any atom is -0.317 e. The largest absolute Gasteiger partial charge is 0.317 e. The Labute approximate surface area is 130 Å². The van der Waals surface area contributed by atoms with E-state index in [2.05, 4.69) is 10.0 Å². The Balaban J connectivity index is 2.51. The molecule has 0 bridgehead atoms. The van der Waals surface area contributed by atoms with Crippen molar-refractivity contribution in [3.63, 3.8) is 0 Å². The van der Waals surface area contributed by atoms with Gasteiger partial charge in [0, 0.05) is 18.5 Å². The van der Waals surface area contributed by atoms with Gasteiger partial charge in [0.15, 0.2) is 0 Å². The van der Waals surface area contributed by atoms with Gasteiger partial charge >= 0.3 is 0 Å². The van der Waals surface area contributed by atoms with Crippen molar-refractivity contribution in [3.05, 3.63) is 21.3 Å². The molecule has 0 saturated heterocycles. The van der Waals surface area contributed by atoms with Gasteiger partial charge in [-0.05, 0) is 38.6 Å². The molecule has 0 aliphatic carbocycles. The number of nitrogens with zero attached hydrogens (tertiary/aromatic N) is 1. The molecule has 0 fully saturated rings. The number of thiophene rings is 1. The Morgan fingerprint density at radius 3 is 2.70 bits per heavy atom. The van der Waals surface area contributed by atoms with Crippen molar-refractivity contribution in [2.24, 2.45) is 0 Å². The van der Waals surface area contributed by atoms with E-state index in [1.54, 1.807) is 13.1 Å². The third kappa shape index (κ3) is 5.67. The van der Waals surface area contributed by atoms with Crippen LogP contribution in [0.25, 0.3) is 0 Å². The summed E-state index contributed by atoms with van der Waals surface area (Å²) in [6, 6.07) is 3.33. The summed E-state index contributed by atoms with van der Waals surface area (Å²) in [5.74, 6) is 0. The molecule has 0 aliphatic heterocycles. The second kappa shape index (κ2) is 8.31. The van der Waals surface area contributed by atoms with Gasteiger partial charge in [0.05, 0.1) is 10.4 Å². The lowest BCUT2D eigenvalue weighted by Gasteiger charge is -2.20. The monoisotopic (exact) mass is 339 g/mol. The second-order valence-corrected chi connectivity index (χ2v) is 8.07. The van der Waals surface area contributed by atoms with E-state index in [1.807, 2.05) is 19.9 Å². The molecular formula is C12H22ClN3O2S2. The number of rotatable bonds is 9. The van der Waals surface area contributed by atoms with Crippen LogP contribution in [0, 0.1) is 0 Å². The molecule has 8 heteroatoms. The van der Waals surface area contributed by atoms with Crippen molar-refractivity contribution in [1.29, 1.82) is 0 Å². The van der Waals surface area contributed by atoms with Crippen molar-refractivity contribution in [2.45, 2.75) is 26.3 Å². The van der Waals surface area contributed by atoms with Gasteiger partial charge in [0.1, 0.15) is 0 Å². The zero-order valence-electron chi connectivity index (χ0n) is 12.0. The minimum absolute atomic E-state index is 0.284. The van der Waals surface area contributed by atoms with Crippen molar-refractivity contribution >= 4 is 33.1 Å². The van der Waals surface area contributed by atoms with Crippen LogP contribution in [0.1, 0.15) is 31.2 Å². The topological polar surface area (TPSA) is 61.4 Å². The molecule has 1 heterocycles. The molecule has 1 rings (SSSR count). The number of hydrogen-bond acceptors (Lipinski definition) is 4. The zero-order valence-corrected chi connectivity index (χ0v) is 14.4. The van der Waals surface area contributed by atoms with E-state index in [9.17, 15) is 8.42 Å². The Kier molecular flexibility index (Phi) is 7.42. The van der Waals surface area contributed by atoms with Crippen LogP contribution >= 0.6 is 22.9 Å². The molecular weight excluding hydrogens is 318 g/mol. The molecule has 0 aliphatic rings. The normalized spacial score (nSPS) is 13.8. The van der Waals surface area contributed by atoms with E-state index in [-0.39, 0.29) is 6.04 Å². The van der Waals surface area contributed by atoms with Crippen LogP contribution < -0.4 is 10.0 Å². The van der Waals surface area contributed by atoms with Crippen LogP contribution in [-0.2, 0) is 10.2 Å². The van der Waals surface area contributed by atoms with Crippen LogP contribution in [0.15, 0.2) is 12.1 Å². The maximum absolute atomic E-state index is 12.2. The highest BCUT2D eigenvalue weighted by atomic mass is 35.5. The predicted octanol–water partition coefficient (Wildman–Crippen LogP) is 2.23. The average Bonchev–Trinajstić information content (AvgIpc) is 2.80. The van der Waals surface area contributed by atoms with Crippen LogP contribution in [0.3, 0.4) is 0 Å². The summed E-state index contributed by atoms with van der Waals surface area (Å²) in [6.07, 6.45) is 0.782. The van der Waals surface area contributed by atoms with Crippen molar-refractivity contribution < 1.29 is 8.42 Å². The standard InChI is InChI=1S/C12H22ClN3O2S2/c1-4-14-8-5-9-16(3)20(17,18)15-10(2)11-6-7-12(13)19-11/h6-7,10,14-15H,4-5,8-9H2,1-3H3. The van der Waals surface area contributed by atoms with Gasteiger partial charge in [-0.2, -0.15) is 17.4 Å². The molecule has 1 aromatic rings. The van der Waals surface area contributed by atoms with E-state index < -0.39 is 10.2 Å². The molecule has 0 aromatic carbocycles. The number of hydrogen-bond donors (Lipinski definition) is 2. The first-order valence-corrected chi connectivity index (χ1v) is 9.19. The summed E-state index contributed by atoms with van der Waals surface area (Å²) in [7, 11) is -1.88. The van der Waals surface area contributed by atoms with E-state index in [1.165, 1.54) is 15.6 Å². The summed E-state index contributed by atoms with van der Waals surface area (Å²) in [5.41, 5.74) is 0. The van der Waals surface area contributed by atoms with E-state index in [0.717, 1.165) is 24.4 Å². The second-order valence-electron chi connectivity index (χ2n) is 4.52. The molecule has 1 unspecified atom stereocenters. The Morgan fingerprint density at radius 1 is 1.45 bits per heavy atom. The van der Waals surface area contributed by atoms with E-state index >= 15 is 0 Å². The van der Waals surface area contributed by atoms with Crippen LogP contribution in [-0.4, -0.2) is 39.4 Å². The maximum atomic E-state index is 12.2. The van der Waals surface area contributed by atoms with Crippen LogP contribution in [0.5, 0.6) is 0 Å². The molecule has 5 nitrogen and oxygen atoms in total. The third-order valence-corrected chi connectivity index (χ3v) is 5.90. The van der Waals surface area contributed by atoms with Crippen molar-refractivity contribution in [3.8, 4) is 0 Å². The van der Waals surface area contributed by atoms with Crippen LogP contribution in [0.2, 0.25) is 4.34 Å². The summed E-state index contributed by atoms with van der Waals surface area (Å²) in [6.45, 7) is 6.03. The molecule has 0 saturated carbocycles. The molecule has 0 radical (unpaired) electrons. The summed E-state index contributed by atoms with van der Waals surface area (Å²) in [5, 5.41) is 3.17. The Morgan fingerprint density at radius 2 is 2.15 bits per heavy atom. The van der Waals surface area contributed by atoms with Crippen molar-refractivity contribution in [1.82, 2.24) is 14.3 Å². The summed E-state index contributed by atoms with van der Waals surface area (Å²) < 4.78 is 29.0. The highest BCUT2D eigenvalue weighted by molar-refractivity contribution is 7.87. The molecule has 1 aromatic heterocycles. The fraction of sp³-hybridized carbons (Fsp3) is 0.667. The van der Waals surface area contributed by atoms with Gasteiger partial charge in [-0.15, -0.1) is 11.3 Å². The van der Waals surface area contributed by atoms with E-state index in [4.69, 9.17) is 11.6 Å². The number of nitrogens with one attached hydrogen (secondary N) is 2. The number of halogens is 1. The molecule has 0 amide bonds. The van der Waals surface area contributed by atoms with Gasteiger partial charge in [-0.1, -0.05) is 18.5 Å². The summed E-state index contributed by atoms with van der Waals surface area (Å²) >= 11 is 7.24. The highest BCUT2D eigenvalue weighted by Crippen LogP contribution is 2.27. The van der Waals surface area contributed by atoms with Crippen LogP contribution in [0.4, 0.5) is 0 Å². The SMILES string of the molecule is CCNCCCN(C)S(=O)(=O)NC(C)c1ccc(Cl)s1. The molecule has 20 heavy (non-hydrogen) atoms. The third-order valence-electron chi connectivity index (χ3n) is 2.83. The fourth-order valence-electron chi connectivity index (χ4n) is 1.66. The average molecular weight is 340 g/mol. The maximum Gasteiger partial charge on any atom is 0.279 e. The van der Waals surface area contributed by atoms with Gasteiger partial charge in [-0.3, -0.25) is 0 Å².